The van der Waals surface area contributed by atoms with E-state index in [1.807, 2.05) is 60.7 Å². The largest absolute Gasteiger partial charge is 0.383 e. The summed E-state index contributed by atoms with van der Waals surface area (Å²) in [5, 5.41) is 4.47. The quantitative estimate of drug-likeness (QED) is 0.324. The highest BCUT2D eigenvalue weighted by Crippen LogP contribution is 2.27. The first-order valence-corrected chi connectivity index (χ1v) is 11.7. The second-order valence-corrected chi connectivity index (χ2v) is 8.71. The summed E-state index contributed by atoms with van der Waals surface area (Å²) < 4.78 is 7.31. The molecule has 1 amide bonds. The fraction of sp³-hybridized carbons (Fsp3) is 0.200. The number of para-hydroxylation sites is 1. The fourth-order valence-electron chi connectivity index (χ4n) is 3.52. The maximum atomic E-state index is 12.8. The van der Waals surface area contributed by atoms with E-state index < -0.39 is 0 Å². The molecule has 1 aromatic heterocycles. The van der Waals surface area contributed by atoms with Gasteiger partial charge < -0.3 is 14.6 Å². The Morgan fingerprint density at radius 2 is 1.88 bits per heavy atom. The van der Waals surface area contributed by atoms with Crippen LogP contribution in [0.3, 0.4) is 0 Å². The van der Waals surface area contributed by atoms with Crippen LogP contribution in [0.4, 0.5) is 5.69 Å². The molecule has 0 aliphatic rings. The zero-order valence-electron chi connectivity index (χ0n) is 17.8. The van der Waals surface area contributed by atoms with Gasteiger partial charge in [0.2, 0.25) is 5.91 Å². The molecule has 1 heterocycles. The van der Waals surface area contributed by atoms with Crippen molar-refractivity contribution in [2.45, 2.75) is 18.1 Å². The lowest BCUT2D eigenvalue weighted by Gasteiger charge is -2.12. The lowest BCUT2D eigenvalue weighted by Crippen LogP contribution is -2.16. The molecule has 5 nitrogen and oxygen atoms in total. The number of ether oxygens (including phenoxy) is 1. The molecule has 4 aromatic rings. The van der Waals surface area contributed by atoms with Crippen LogP contribution in [-0.4, -0.2) is 34.9 Å². The van der Waals surface area contributed by atoms with E-state index in [-0.39, 0.29) is 11.7 Å². The predicted molar refractivity (Wildman–Crippen MR) is 132 cm³/mol. The SMILES string of the molecule is COCCn1c(SCC(=O)Nc2ccccc2Cc2ccccc2)nc2cc(Cl)ccc21. The van der Waals surface area contributed by atoms with Gasteiger partial charge in [0.25, 0.3) is 0 Å². The first-order valence-electron chi connectivity index (χ1n) is 10.3. The Morgan fingerprint density at radius 3 is 2.69 bits per heavy atom. The van der Waals surface area contributed by atoms with Crippen molar-refractivity contribution in [2.75, 3.05) is 24.8 Å². The smallest absolute Gasteiger partial charge is 0.234 e. The van der Waals surface area contributed by atoms with E-state index in [0.29, 0.717) is 18.2 Å². The third-order valence-corrected chi connectivity index (χ3v) is 6.27. The van der Waals surface area contributed by atoms with Crippen LogP contribution >= 0.6 is 23.4 Å². The average molecular weight is 466 g/mol. The van der Waals surface area contributed by atoms with Gasteiger partial charge in [0, 0.05) is 24.4 Å². The van der Waals surface area contributed by atoms with Gasteiger partial charge in [-0.25, -0.2) is 4.98 Å². The number of nitrogens with one attached hydrogen (secondary N) is 1. The van der Waals surface area contributed by atoms with E-state index in [9.17, 15) is 4.79 Å². The number of carbonyl (C=O) groups excluding carboxylic acids is 1. The first-order chi connectivity index (χ1) is 15.6. The molecule has 0 bridgehead atoms. The van der Waals surface area contributed by atoms with Crippen LogP contribution in [-0.2, 0) is 22.5 Å². The van der Waals surface area contributed by atoms with Crippen LogP contribution in [0.1, 0.15) is 11.1 Å². The van der Waals surface area contributed by atoms with Gasteiger partial charge in [-0.3, -0.25) is 4.79 Å². The minimum Gasteiger partial charge on any atom is -0.383 e. The molecule has 32 heavy (non-hydrogen) atoms. The molecular weight excluding hydrogens is 442 g/mol. The summed E-state index contributed by atoms with van der Waals surface area (Å²) in [5.41, 5.74) is 4.90. The van der Waals surface area contributed by atoms with Crippen molar-refractivity contribution in [2.24, 2.45) is 0 Å². The number of hydrogen-bond acceptors (Lipinski definition) is 4. The fourth-order valence-corrected chi connectivity index (χ4v) is 4.53. The molecule has 0 fully saturated rings. The van der Waals surface area contributed by atoms with Crippen molar-refractivity contribution in [3.63, 3.8) is 0 Å². The zero-order chi connectivity index (χ0) is 22.3. The van der Waals surface area contributed by atoms with Crippen molar-refractivity contribution >= 4 is 46.0 Å². The molecule has 0 aliphatic heterocycles. The summed E-state index contributed by atoms with van der Waals surface area (Å²) in [4.78, 5) is 17.5. The van der Waals surface area contributed by atoms with Crippen molar-refractivity contribution < 1.29 is 9.53 Å². The maximum absolute atomic E-state index is 12.8. The third kappa shape index (κ3) is 5.51. The number of methoxy groups -OCH3 is 1. The first kappa shape index (κ1) is 22.4. The van der Waals surface area contributed by atoms with Crippen LogP contribution < -0.4 is 5.32 Å². The highest BCUT2D eigenvalue weighted by atomic mass is 35.5. The van der Waals surface area contributed by atoms with Gasteiger partial charge in [-0.1, -0.05) is 71.9 Å². The number of aromatic nitrogens is 2. The summed E-state index contributed by atoms with van der Waals surface area (Å²) in [6, 6.07) is 23.8. The molecule has 0 unspecified atom stereocenters. The highest BCUT2D eigenvalue weighted by molar-refractivity contribution is 7.99. The Bertz CT molecular complexity index is 1210. The second kappa shape index (κ2) is 10.7. The Hall–Kier alpha value is -2.80. The summed E-state index contributed by atoms with van der Waals surface area (Å²) in [5.74, 6) is 0.183. The third-order valence-electron chi connectivity index (χ3n) is 5.06. The van der Waals surface area contributed by atoms with Crippen LogP contribution in [0.5, 0.6) is 0 Å². The van der Waals surface area contributed by atoms with Crippen molar-refractivity contribution in [3.05, 3.63) is 88.9 Å². The van der Waals surface area contributed by atoms with E-state index in [2.05, 4.69) is 27.0 Å². The van der Waals surface area contributed by atoms with Crippen LogP contribution in [0.2, 0.25) is 5.02 Å². The molecule has 7 heteroatoms. The summed E-state index contributed by atoms with van der Waals surface area (Å²) in [6.07, 6.45) is 0.762. The van der Waals surface area contributed by atoms with Crippen molar-refractivity contribution in [1.82, 2.24) is 9.55 Å². The summed E-state index contributed by atoms with van der Waals surface area (Å²) in [7, 11) is 1.67. The van der Waals surface area contributed by atoms with Crippen LogP contribution in [0.25, 0.3) is 11.0 Å². The van der Waals surface area contributed by atoms with Crippen LogP contribution in [0.15, 0.2) is 78.0 Å². The lowest BCUT2D eigenvalue weighted by atomic mass is 10.0. The molecule has 0 spiro atoms. The molecule has 0 aliphatic carbocycles. The number of anilines is 1. The number of thioether (sulfide) groups is 1. The number of hydrogen-bond donors (Lipinski definition) is 1. The highest BCUT2D eigenvalue weighted by Gasteiger charge is 2.14. The molecule has 0 atom stereocenters. The summed E-state index contributed by atoms with van der Waals surface area (Å²) >= 11 is 7.54. The van der Waals surface area contributed by atoms with Crippen molar-refractivity contribution in [3.8, 4) is 0 Å². The Labute approximate surface area is 196 Å². The van der Waals surface area contributed by atoms with Gasteiger partial charge in [-0.05, 0) is 41.8 Å². The van der Waals surface area contributed by atoms with Crippen LogP contribution in [0, 0.1) is 0 Å². The van der Waals surface area contributed by atoms with E-state index in [1.165, 1.54) is 17.3 Å². The molecule has 164 valence electrons. The standard InChI is InChI=1S/C25H24ClN3O2S/c1-31-14-13-29-23-12-11-20(26)16-22(23)28-25(29)32-17-24(30)27-21-10-6-5-9-19(21)15-18-7-3-2-4-8-18/h2-12,16H,13-15,17H2,1H3,(H,27,30). The Morgan fingerprint density at radius 1 is 1.09 bits per heavy atom. The minimum absolute atomic E-state index is 0.0705. The number of benzene rings is 3. The maximum Gasteiger partial charge on any atom is 0.234 e. The van der Waals surface area contributed by atoms with Gasteiger partial charge in [0.15, 0.2) is 5.16 Å². The molecule has 0 saturated heterocycles. The lowest BCUT2D eigenvalue weighted by molar-refractivity contribution is -0.113. The molecule has 1 N–H and O–H groups in total. The Kier molecular flexibility index (Phi) is 7.47. The average Bonchev–Trinajstić information content (AvgIpc) is 3.14. The normalized spacial score (nSPS) is 11.1. The van der Waals surface area contributed by atoms with Gasteiger partial charge >= 0.3 is 0 Å². The number of imidazole rings is 1. The number of nitrogens with zero attached hydrogens (tertiary/aromatic N) is 2. The van der Waals surface area contributed by atoms with Gasteiger partial charge in [-0.2, -0.15) is 0 Å². The van der Waals surface area contributed by atoms with E-state index in [1.54, 1.807) is 7.11 Å². The van der Waals surface area contributed by atoms with Crippen molar-refractivity contribution in [1.29, 1.82) is 0 Å². The van der Waals surface area contributed by atoms with Gasteiger partial charge in [-0.15, -0.1) is 0 Å². The molecular formula is C25H24ClN3O2S. The monoisotopic (exact) mass is 465 g/mol. The molecule has 0 saturated carbocycles. The van der Waals surface area contributed by atoms with E-state index >= 15 is 0 Å². The number of rotatable bonds is 9. The minimum atomic E-state index is -0.0705. The zero-order valence-corrected chi connectivity index (χ0v) is 19.3. The number of amides is 1. The molecule has 3 aromatic carbocycles. The molecule has 0 radical (unpaired) electrons. The topological polar surface area (TPSA) is 56.1 Å². The molecule has 4 rings (SSSR count). The van der Waals surface area contributed by atoms with Gasteiger partial charge in [0.1, 0.15) is 0 Å². The number of fused-ring (bicyclic) bond motifs is 1. The summed E-state index contributed by atoms with van der Waals surface area (Å²) in [6.45, 7) is 1.21. The second-order valence-electron chi connectivity index (χ2n) is 7.33. The number of carbonyl (C=O) groups is 1. The predicted octanol–water partition coefficient (Wildman–Crippen LogP) is 5.66. The number of halogens is 1. The van der Waals surface area contributed by atoms with Gasteiger partial charge in [0.05, 0.1) is 23.4 Å². The Balaban J connectivity index is 1.46. The van der Waals surface area contributed by atoms with E-state index in [4.69, 9.17) is 16.3 Å². The van der Waals surface area contributed by atoms with E-state index in [0.717, 1.165) is 33.9 Å².